The number of nitro benzene ring substituents is 1. The number of hydrogen-bond acceptors (Lipinski definition) is 3. The smallest absolute Gasteiger partial charge is 0.282 e. The average Bonchev–Trinajstić information content (AvgIpc) is 2.24. The van der Waals surface area contributed by atoms with Crippen LogP contribution in [0.25, 0.3) is 0 Å². The van der Waals surface area contributed by atoms with Crippen LogP contribution in [0.4, 0.5) is 11.4 Å². The van der Waals surface area contributed by atoms with Crippen LogP contribution in [-0.4, -0.2) is 11.5 Å². The first kappa shape index (κ1) is 13.2. The third-order valence-electron chi connectivity index (χ3n) is 2.25. The SMILES string of the molecule is CCCCCNc1ccc([N+](=O)[O-])c(I)c1. The van der Waals surface area contributed by atoms with Crippen LogP contribution in [0.5, 0.6) is 0 Å². The van der Waals surface area contributed by atoms with Gasteiger partial charge in [0.05, 0.1) is 8.49 Å². The molecule has 1 rings (SSSR count). The summed E-state index contributed by atoms with van der Waals surface area (Å²) in [6, 6.07) is 5.11. The van der Waals surface area contributed by atoms with Gasteiger partial charge in [0, 0.05) is 18.3 Å². The Labute approximate surface area is 109 Å². The molecule has 0 heterocycles. The van der Waals surface area contributed by atoms with E-state index in [1.807, 2.05) is 28.7 Å². The molecule has 0 radical (unpaired) electrons. The highest BCUT2D eigenvalue weighted by Crippen LogP contribution is 2.24. The van der Waals surface area contributed by atoms with Crippen LogP contribution in [0, 0.1) is 13.7 Å². The van der Waals surface area contributed by atoms with E-state index in [4.69, 9.17) is 0 Å². The van der Waals surface area contributed by atoms with Crippen LogP contribution >= 0.6 is 22.6 Å². The van der Waals surface area contributed by atoms with Crippen molar-refractivity contribution < 1.29 is 4.92 Å². The van der Waals surface area contributed by atoms with E-state index in [0.717, 1.165) is 18.7 Å². The van der Waals surface area contributed by atoms with E-state index < -0.39 is 0 Å². The van der Waals surface area contributed by atoms with Crippen molar-refractivity contribution >= 4 is 34.0 Å². The van der Waals surface area contributed by atoms with Crippen molar-refractivity contribution in [3.05, 3.63) is 31.9 Å². The molecule has 0 aliphatic rings. The number of nitrogens with one attached hydrogen (secondary N) is 1. The Morgan fingerprint density at radius 1 is 1.44 bits per heavy atom. The minimum absolute atomic E-state index is 0.166. The first-order valence-electron chi connectivity index (χ1n) is 5.33. The molecule has 0 aromatic heterocycles. The van der Waals surface area contributed by atoms with Gasteiger partial charge in [-0.3, -0.25) is 10.1 Å². The monoisotopic (exact) mass is 334 g/mol. The van der Waals surface area contributed by atoms with Crippen LogP contribution in [-0.2, 0) is 0 Å². The third kappa shape index (κ3) is 3.96. The maximum atomic E-state index is 10.6. The molecule has 0 atom stereocenters. The topological polar surface area (TPSA) is 55.2 Å². The molecular weight excluding hydrogens is 319 g/mol. The molecule has 1 aromatic rings. The van der Waals surface area contributed by atoms with Crippen LogP contribution in [0.2, 0.25) is 0 Å². The molecule has 0 aliphatic heterocycles. The fourth-order valence-corrected chi connectivity index (χ4v) is 2.08. The first-order valence-corrected chi connectivity index (χ1v) is 6.41. The summed E-state index contributed by atoms with van der Waals surface area (Å²) in [4.78, 5) is 10.3. The Balaban J connectivity index is 2.56. The minimum atomic E-state index is -0.358. The molecular formula is C11H15IN2O2. The number of hydrogen-bond donors (Lipinski definition) is 1. The van der Waals surface area contributed by atoms with Crippen LogP contribution in [0.1, 0.15) is 26.2 Å². The molecule has 88 valence electrons. The lowest BCUT2D eigenvalue weighted by molar-refractivity contribution is -0.385. The van der Waals surface area contributed by atoms with E-state index >= 15 is 0 Å². The maximum absolute atomic E-state index is 10.6. The van der Waals surface area contributed by atoms with Gasteiger partial charge >= 0.3 is 0 Å². The Hall–Kier alpha value is -0.850. The van der Waals surface area contributed by atoms with Crippen molar-refractivity contribution in [1.82, 2.24) is 0 Å². The van der Waals surface area contributed by atoms with Crippen molar-refractivity contribution in [3.63, 3.8) is 0 Å². The molecule has 0 aliphatic carbocycles. The number of unbranched alkanes of at least 4 members (excludes halogenated alkanes) is 2. The highest BCUT2D eigenvalue weighted by atomic mass is 127. The van der Waals surface area contributed by atoms with Gasteiger partial charge in [0.25, 0.3) is 5.69 Å². The first-order chi connectivity index (χ1) is 7.65. The summed E-state index contributed by atoms with van der Waals surface area (Å²) in [6.07, 6.45) is 3.53. The zero-order chi connectivity index (χ0) is 12.0. The molecule has 0 unspecified atom stereocenters. The van der Waals surface area contributed by atoms with E-state index in [-0.39, 0.29) is 10.6 Å². The molecule has 5 heteroatoms. The summed E-state index contributed by atoms with van der Waals surface area (Å²) in [5.74, 6) is 0. The third-order valence-corrected chi connectivity index (χ3v) is 3.12. The fraction of sp³-hybridized carbons (Fsp3) is 0.455. The van der Waals surface area contributed by atoms with Crippen molar-refractivity contribution in [2.45, 2.75) is 26.2 Å². The molecule has 0 saturated heterocycles. The molecule has 0 amide bonds. The van der Waals surface area contributed by atoms with E-state index in [0.29, 0.717) is 3.57 Å². The Bertz CT molecular complexity index is 369. The van der Waals surface area contributed by atoms with Crippen molar-refractivity contribution in [2.75, 3.05) is 11.9 Å². The van der Waals surface area contributed by atoms with Gasteiger partial charge in [-0.1, -0.05) is 19.8 Å². The Morgan fingerprint density at radius 2 is 2.19 bits per heavy atom. The molecule has 4 nitrogen and oxygen atoms in total. The van der Waals surface area contributed by atoms with Crippen molar-refractivity contribution in [1.29, 1.82) is 0 Å². The maximum Gasteiger partial charge on any atom is 0.282 e. The predicted molar refractivity (Wildman–Crippen MR) is 73.8 cm³/mol. The van der Waals surface area contributed by atoms with Crippen molar-refractivity contribution in [2.24, 2.45) is 0 Å². The summed E-state index contributed by atoms with van der Waals surface area (Å²) >= 11 is 1.99. The van der Waals surface area contributed by atoms with Crippen LogP contribution < -0.4 is 5.32 Å². The summed E-state index contributed by atoms with van der Waals surface area (Å²) in [6.45, 7) is 3.08. The second-order valence-corrected chi connectivity index (χ2v) is 4.72. The molecule has 0 fully saturated rings. The zero-order valence-corrected chi connectivity index (χ0v) is 11.4. The second-order valence-electron chi connectivity index (χ2n) is 3.56. The minimum Gasteiger partial charge on any atom is -0.385 e. The number of halogens is 1. The lowest BCUT2D eigenvalue weighted by Crippen LogP contribution is -2.02. The van der Waals surface area contributed by atoms with Gasteiger partial charge in [0.15, 0.2) is 0 Å². The molecule has 0 bridgehead atoms. The normalized spacial score (nSPS) is 10.1. The van der Waals surface area contributed by atoms with Gasteiger partial charge in [0.1, 0.15) is 0 Å². The van der Waals surface area contributed by atoms with Gasteiger partial charge in [-0.25, -0.2) is 0 Å². The van der Waals surface area contributed by atoms with Gasteiger partial charge in [0.2, 0.25) is 0 Å². The number of anilines is 1. The predicted octanol–water partition coefficient (Wildman–Crippen LogP) is 3.80. The van der Waals surface area contributed by atoms with Gasteiger partial charge < -0.3 is 5.32 Å². The van der Waals surface area contributed by atoms with Gasteiger partial charge in [-0.15, -0.1) is 0 Å². The molecule has 0 spiro atoms. The summed E-state index contributed by atoms with van der Waals surface area (Å²) in [5.41, 5.74) is 1.12. The summed E-state index contributed by atoms with van der Waals surface area (Å²) < 4.78 is 0.670. The van der Waals surface area contributed by atoms with Crippen molar-refractivity contribution in [3.8, 4) is 0 Å². The van der Waals surface area contributed by atoms with E-state index in [9.17, 15) is 10.1 Å². The summed E-state index contributed by atoms with van der Waals surface area (Å²) in [7, 11) is 0. The highest BCUT2D eigenvalue weighted by molar-refractivity contribution is 14.1. The average molecular weight is 334 g/mol. The van der Waals surface area contributed by atoms with Crippen LogP contribution in [0.3, 0.4) is 0 Å². The molecule has 1 N–H and O–H groups in total. The van der Waals surface area contributed by atoms with Gasteiger partial charge in [-0.2, -0.15) is 0 Å². The van der Waals surface area contributed by atoms with E-state index in [2.05, 4.69) is 12.2 Å². The van der Waals surface area contributed by atoms with Gasteiger partial charge in [-0.05, 0) is 41.1 Å². The van der Waals surface area contributed by atoms with E-state index in [1.165, 1.54) is 12.8 Å². The quantitative estimate of drug-likeness (QED) is 0.373. The molecule has 0 saturated carbocycles. The van der Waals surface area contributed by atoms with Crippen LogP contribution in [0.15, 0.2) is 18.2 Å². The van der Waals surface area contributed by atoms with E-state index in [1.54, 1.807) is 12.1 Å². The zero-order valence-electron chi connectivity index (χ0n) is 9.20. The second kappa shape index (κ2) is 6.67. The highest BCUT2D eigenvalue weighted by Gasteiger charge is 2.10. The molecule has 16 heavy (non-hydrogen) atoms. The number of nitrogens with zero attached hydrogens (tertiary/aromatic N) is 1. The Morgan fingerprint density at radius 3 is 2.75 bits per heavy atom. The summed E-state index contributed by atoms with van der Waals surface area (Å²) in [5, 5.41) is 13.9. The number of nitro groups is 1. The largest absolute Gasteiger partial charge is 0.385 e. The standard InChI is InChI=1S/C11H15IN2O2/c1-2-3-4-7-13-9-5-6-11(14(15)16)10(12)8-9/h5-6,8,13H,2-4,7H2,1H3. The Kier molecular flexibility index (Phi) is 5.51. The number of rotatable bonds is 6. The fourth-order valence-electron chi connectivity index (χ4n) is 1.37. The number of benzene rings is 1. The lowest BCUT2D eigenvalue weighted by atomic mass is 10.2. The lowest BCUT2D eigenvalue weighted by Gasteiger charge is -2.06. The molecule has 1 aromatic carbocycles.